The molecular formula is C9H13N3. The lowest BCUT2D eigenvalue weighted by molar-refractivity contribution is 0.764. The highest BCUT2D eigenvalue weighted by Gasteiger charge is 2.08. The van der Waals surface area contributed by atoms with Gasteiger partial charge >= 0.3 is 0 Å². The van der Waals surface area contributed by atoms with Crippen LogP contribution in [0.1, 0.15) is 24.4 Å². The Morgan fingerprint density at radius 1 is 1.50 bits per heavy atom. The van der Waals surface area contributed by atoms with Crippen LogP contribution in [0.5, 0.6) is 0 Å². The molecule has 0 fully saturated rings. The number of nitrogens with two attached hydrogens (primary N) is 1. The van der Waals surface area contributed by atoms with Crippen molar-refractivity contribution in [2.24, 2.45) is 5.73 Å². The highest BCUT2D eigenvalue weighted by Crippen LogP contribution is 2.11. The minimum absolute atomic E-state index is 0.245. The summed E-state index contributed by atoms with van der Waals surface area (Å²) in [6.07, 6.45) is 3.51. The Balaban J connectivity index is 2.89. The van der Waals surface area contributed by atoms with Crippen molar-refractivity contribution in [2.45, 2.75) is 19.9 Å². The molecular weight excluding hydrogens is 150 g/mol. The van der Waals surface area contributed by atoms with Gasteiger partial charge in [-0.05, 0) is 19.4 Å². The number of hydrogen-bond acceptors (Lipinski definition) is 3. The predicted molar refractivity (Wildman–Crippen MR) is 48.5 cm³/mol. The Bertz CT molecular complexity index is 276. The minimum atomic E-state index is -0.245. The van der Waals surface area contributed by atoms with E-state index in [2.05, 4.69) is 16.5 Å². The first-order chi connectivity index (χ1) is 5.61. The molecule has 1 aromatic heterocycles. The second kappa shape index (κ2) is 3.45. The van der Waals surface area contributed by atoms with Crippen LogP contribution in [0, 0.1) is 6.92 Å². The summed E-state index contributed by atoms with van der Waals surface area (Å²) in [5.74, 6) is 0.633. The largest absolute Gasteiger partial charge is 0.318 e. The van der Waals surface area contributed by atoms with E-state index in [-0.39, 0.29) is 6.04 Å². The molecule has 0 amide bonds. The second-order valence-electron chi connectivity index (χ2n) is 2.94. The molecule has 0 saturated carbocycles. The zero-order valence-electron chi connectivity index (χ0n) is 7.41. The van der Waals surface area contributed by atoms with E-state index in [0.717, 1.165) is 11.1 Å². The third-order valence-electron chi connectivity index (χ3n) is 1.61. The third-order valence-corrected chi connectivity index (χ3v) is 1.61. The van der Waals surface area contributed by atoms with Crippen LogP contribution in [-0.2, 0) is 0 Å². The van der Waals surface area contributed by atoms with Crippen molar-refractivity contribution < 1.29 is 0 Å². The lowest BCUT2D eigenvalue weighted by atomic mass is 10.1. The maximum absolute atomic E-state index is 5.76. The number of aryl methyl sites for hydroxylation is 1. The summed E-state index contributed by atoms with van der Waals surface area (Å²) < 4.78 is 0. The number of hydrogen-bond donors (Lipinski definition) is 1. The number of rotatable bonds is 2. The molecule has 0 bridgehead atoms. The first-order valence-corrected chi connectivity index (χ1v) is 3.81. The standard InChI is InChI=1S/C9H13N3/c1-6(2)8(10)9-11-4-7(3)5-12-9/h4-5,8H,1,10H2,2-3H3. The predicted octanol–water partition coefficient (Wildman–Crippen LogP) is 1.36. The summed E-state index contributed by atoms with van der Waals surface area (Å²) >= 11 is 0. The molecule has 0 aliphatic heterocycles. The van der Waals surface area contributed by atoms with Crippen molar-refractivity contribution in [3.8, 4) is 0 Å². The van der Waals surface area contributed by atoms with Gasteiger partial charge in [0.1, 0.15) is 5.82 Å². The van der Waals surface area contributed by atoms with Gasteiger partial charge in [0.15, 0.2) is 0 Å². The molecule has 0 aromatic carbocycles. The van der Waals surface area contributed by atoms with E-state index in [9.17, 15) is 0 Å². The molecule has 3 heteroatoms. The zero-order chi connectivity index (χ0) is 9.14. The van der Waals surface area contributed by atoms with Gasteiger partial charge in [0, 0.05) is 12.4 Å². The Morgan fingerprint density at radius 2 is 2.00 bits per heavy atom. The van der Waals surface area contributed by atoms with Gasteiger partial charge in [-0.1, -0.05) is 12.2 Å². The number of nitrogens with zero attached hydrogens (tertiary/aromatic N) is 2. The van der Waals surface area contributed by atoms with E-state index in [4.69, 9.17) is 5.73 Å². The molecule has 1 aromatic rings. The lowest BCUT2D eigenvalue weighted by Crippen LogP contribution is -2.14. The second-order valence-corrected chi connectivity index (χ2v) is 2.94. The molecule has 12 heavy (non-hydrogen) atoms. The van der Waals surface area contributed by atoms with Crippen LogP contribution in [-0.4, -0.2) is 9.97 Å². The molecule has 0 aliphatic rings. The maximum Gasteiger partial charge on any atom is 0.149 e. The molecule has 0 radical (unpaired) electrons. The zero-order valence-corrected chi connectivity index (χ0v) is 7.41. The first-order valence-electron chi connectivity index (χ1n) is 3.81. The smallest absolute Gasteiger partial charge is 0.149 e. The van der Waals surface area contributed by atoms with Crippen molar-refractivity contribution in [3.05, 3.63) is 35.9 Å². The van der Waals surface area contributed by atoms with E-state index in [1.54, 1.807) is 12.4 Å². The summed E-state index contributed by atoms with van der Waals surface area (Å²) in [5.41, 5.74) is 7.67. The van der Waals surface area contributed by atoms with E-state index in [1.165, 1.54) is 0 Å². The Morgan fingerprint density at radius 3 is 2.42 bits per heavy atom. The fourth-order valence-electron chi connectivity index (χ4n) is 0.784. The van der Waals surface area contributed by atoms with Crippen molar-refractivity contribution in [1.29, 1.82) is 0 Å². The van der Waals surface area contributed by atoms with Gasteiger partial charge in [0.2, 0.25) is 0 Å². The fourth-order valence-corrected chi connectivity index (χ4v) is 0.784. The van der Waals surface area contributed by atoms with Crippen LogP contribution < -0.4 is 5.73 Å². The fraction of sp³-hybridized carbons (Fsp3) is 0.333. The number of aromatic nitrogens is 2. The van der Waals surface area contributed by atoms with Gasteiger partial charge in [-0.3, -0.25) is 0 Å². The summed E-state index contributed by atoms with van der Waals surface area (Å²) in [7, 11) is 0. The third kappa shape index (κ3) is 1.89. The first kappa shape index (κ1) is 8.87. The highest BCUT2D eigenvalue weighted by molar-refractivity contribution is 5.12. The Hall–Kier alpha value is -1.22. The molecule has 1 rings (SSSR count). The Labute approximate surface area is 72.3 Å². The van der Waals surface area contributed by atoms with Crippen LogP contribution in [0.3, 0.4) is 0 Å². The van der Waals surface area contributed by atoms with Crippen LogP contribution in [0.15, 0.2) is 24.5 Å². The van der Waals surface area contributed by atoms with Gasteiger partial charge in [0.25, 0.3) is 0 Å². The van der Waals surface area contributed by atoms with Gasteiger partial charge < -0.3 is 5.73 Å². The van der Waals surface area contributed by atoms with Crippen LogP contribution in [0.4, 0.5) is 0 Å². The van der Waals surface area contributed by atoms with Crippen LogP contribution in [0.25, 0.3) is 0 Å². The van der Waals surface area contributed by atoms with Crippen LogP contribution >= 0.6 is 0 Å². The normalized spacial score (nSPS) is 12.6. The van der Waals surface area contributed by atoms with Crippen molar-refractivity contribution in [1.82, 2.24) is 9.97 Å². The molecule has 2 N–H and O–H groups in total. The van der Waals surface area contributed by atoms with E-state index >= 15 is 0 Å². The molecule has 3 nitrogen and oxygen atoms in total. The molecule has 0 saturated heterocycles. The monoisotopic (exact) mass is 163 g/mol. The highest BCUT2D eigenvalue weighted by atomic mass is 14.9. The topological polar surface area (TPSA) is 51.8 Å². The van der Waals surface area contributed by atoms with Crippen LogP contribution in [0.2, 0.25) is 0 Å². The molecule has 1 unspecified atom stereocenters. The SMILES string of the molecule is C=C(C)C(N)c1ncc(C)cn1. The summed E-state index contributed by atoms with van der Waals surface area (Å²) in [4.78, 5) is 8.20. The average molecular weight is 163 g/mol. The average Bonchev–Trinajstić information content (AvgIpc) is 2.04. The van der Waals surface area contributed by atoms with Crippen molar-refractivity contribution in [3.63, 3.8) is 0 Å². The summed E-state index contributed by atoms with van der Waals surface area (Å²) in [6, 6.07) is -0.245. The van der Waals surface area contributed by atoms with E-state index < -0.39 is 0 Å². The molecule has 64 valence electrons. The molecule has 0 aliphatic carbocycles. The van der Waals surface area contributed by atoms with E-state index in [0.29, 0.717) is 5.82 Å². The van der Waals surface area contributed by atoms with Gasteiger partial charge in [0.05, 0.1) is 6.04 Å². The van der Waals surface area contributed by atoms with Gasteiger partial charge in [-0.2, -0.15) is 0 Å². The summed E-state index contributed by atoms with van der Waals surface area (Å²) in [5, 5.41) is 0. The van der Waals surface area contributed by atoms with Crippen molar-refractivity contribution in [2.75, 3.05) is 0 Å². The van der Waals surface area contributed by atoms with Gasteiger partial charge in [-0.15, -0.1) is 0 Å². The van der Waals surface area contributed by atoms with Crippen molar-refractivity contribution >= 4 is 0 Å². The maximum atomic E-state index is 5.76. The van der Waals surface area contributed by atoms with Gasteiger partial charge in [-0.25, -0.2) is 9.97 Å². The Kier molecular flexibility index (Phi) is 2.55. The lowest BCUT2D eigenvalue weighted by Gasteiger charge is -2.08. The molecule has 1 heterocycles. The molecule has 0 spiro atoms. The molecule has 1 atom stereocenters. The summed E-state index contributed by atoms with van der Waals surface area (Å²) in [6.45, 7) is 7.56. The van der Waals surface area contributed by atoms with E-state index in [1.807, 2.05) is 13.8 Å². The quantitative estimate of drug-likeness (QED) is 0.670. The minimum Gasteiger partial charge on any atom is -0.318 e.